The number of aryl methyl sites for hydroxylation is 1. The zero-order valence-corrected chi connectivity index (χ0v) is 18.8. The van der Waals surface area contributed by atoms with Crippen LogP contribution in [0.25, 0.3) is 0 Å². The van der Waals surface area contributed by atoms with Gasteiger partial charge in [-0.3, -0.25) is 4.79 Å². The van der Waals surface area contributed by atoms with Crippen molar-refractivity contribution in [1.82, 2.24) is 10.2 Å². The van der Waals surface area contributed by atoms with Gasteiger partial charge in [0.1, 0.15) is 5.82 Å². The Balaban J connectivity index is 0.00000320. The van der Waals surface area contributed by atoms with Crippen LogP contribution in [0.1, 0.15) is 39.4 Å². The van der Waals surface area contributed by atoms with Crippen LogP contribution in [0.5, 0.6) is 0 Å². The van der Waals surface area contributed by atoms with Crippen molar-refractivity contribution < 1.29 is 22.4 Å². The van der Waals surface area contributed by atoms with Gasteiger partial charge in [-0.15, -0.1) is 12.4 Å². The number of amides is 1. The summed E-state index contributed by atoms with van der Waals surface area (Å²) in [6.45, 7) is 2.96. The summed E-state index contributed by atoms with van der Waals surface area (Å²) in [6, 6.07) is 7.87. The number of rotatable bonds is 3. The molecule has 0 aromatic heterocycles. The molecule has 1 aliphatic heterocycles. The molecule has 9 heteroatoms. The van der Waals surface area contributed by atoms with E-state index in [4.69, 9.17) is 0 Å². The van der Waals surface area contributed by atoms with Gasteiger partial charge in [-0.05, 0) is 55.3 Å². The van der Waals surface area contributed by atoms with Crippen LogP contribution in [0.3, 0.4) is 0 Å². The van der Waals surface area contributed by atoms with E-state index in [-0.39, 0.29) is 40.2 Å². The van der Waals surface area contributed by atoms with Crippen molar-refractivity contribution in [2.75, 3.05) is 20.1 Å². The lowest BCUT2D eigenvalue weighted by molar-refractivity contribution is -0.137. The lowest BCUT2D eigenvalue weighted by Gasteiger charge is -2.39. The van der Waals surface area contributed by atoms with Crippen molar-refractivity contribution >= 4 is 34.2 Å². The fourth-order valence-corrected chi connectivity index (χ4v) is 4.27. The number of carbonyl (C=O) groups excluding carboxylic acids is 1. The molecular weight excluding hydrogens is 488 g/mol. The molecule has 0 radical (unpaired) electrons. The monoisotopic (exact) mass is 508 g/mol. The largest absolute Gasteiger partial charge is 0.416 e. The number of hydrogen-bond donors (Lipinski definition) is 1. The number of benzene rings is 2. The Bertz CT molecular complexity index is 922. The van der Waals surface area contributed by atoms with Crippen molar-refractivity contribution in [2.45, 2.75) is 31.5 Å². The normalized spacial score (nSPS) is 19.2. The summed E-state index contributed by atoms with van der Waals surface area (Å²) in [5, 5.41) is 3.28. The van der Waals surface area contributed by atoms with Crippen LogP contribution in [0, 0.1) is 12.7 Å². The van der Waals surface area contributed by atoms with E-state index in [0.717, 1.165) is 17.7 Å². The minimum Gasteiger partial charge on any atom is -0.338 e. The molecule has 1 heterocycles. The second-order valence-corrected chi connectivity index (χ2v) is 8.23. The molecule has 30 heavy (non-hydrogen) atoms. The molecule has 1 saturated heterocycles. The maximum Gasteiger partial charge on any atom is 0.416 e. The van der Waals surface area contributed by atoms with Gasteiger partial charge in [-0.25, -0.2) is 4.39 Å². The number of hydrogen-bond acceptors (Lipinski definition) is 2. The van der Waals surface area contributed by atoms with E-state index in [1.165, 1.54) is 17.0 Å². The highest BCUT2D eigenvalue weighted by molar-refractivity contribution is 9.10. The van der Waals surface area contributed by atoms with Gasteiger partial charge in [0.2, 0.25) is 0 Å². The number of nitrogens with one attached hydrogen (secondary N) is 1. The molecule has 1 aliphatic rings. The maximum atomic E-state index is 13.7. The smallest absolute Gasteiger partial charge is 0.338 e. The predicted octanol–water partition coefficient (Wildman–Crippen LogP) is 5.55. The highest BCUT2D eigenvalue weighted by atomic mass is 79.9. The average molecular weight is 510 g/mol. The van der Waals surface area contributed by atoms with Gasteiger partial charge in [0.05, 0.1) is 5.56 Å². The van der Waals surface area contributed by atoms with Crippen molar-refractivity contribution in [2.24, 2.45) is 0 Å². The highest BCUT2D eigenvalue weighted by Crippen LogP contribution is 2.33. The molecule has 3 nitrogen and oxygen atoms in total. The second-order valence-electron chi connectivity index (χ2n) is 7.32. The minimum atomic E-state index is -4.54. The van der Waals surface area contributed by atoms with Crippen LogP contribution in [0.15, 0.2) is 40.9 Å². The number of halogens is 6. The first kappa shape index (κ1) is 24.6. The molecule has 2 aromatic carbocycles. The Morgan fingerprint density at radius 3 is 2.53 bits per heavy atom. The van der Waals surface area contributed by atoms with E-state index >= 15 is 0 Å². The summed E-state index contributed by atoms with van der Waals surface area (Å²) in [4.78, 5) is 14.5. The Hall–Kier alpha value is -1.64. The molecule has 0 saturated carbocycles. The fourth-order valence-electron chi connectivity index (χ4n) is 3.78. The molecule has 164 valence electrons. The lowest BCUT2D eigenvalue weighted by atomic mass is 9.85. The Kier molecular flexibility index (Phi) is 7.93. The predicted molar refractivity (Wildman–Crippen MR) is 114 cm³/mol. The van der Waals surface area contributed by atoms with E-state index in [2.05, 4.69) is 21.2 Å². The van der Waals surface area contributed by atoms with Crippen molar-refractivity contribution in [3.8, 4) is 0 Å². The van der Waals surface area contributed by atoms with E-state index in [0.29, 0.717) is 25.1 Å². The Morgan fingerprint density at radius 1 is 1.20 bits per heavy atom. The Morgan fingerprint density at radius 2 is 1.90 bits per heavy atom. The van der Waals surface area contributed by atoms with Gasteiger partial charge in [0.15, 0.2) is 0 Å². The zero-order valence-electron chi connectivity index (χ0n) is 16.4. The second kappa shape index (κ2) is 9.66. The van der Waals surface area contributed by atoms with Crippen LogP contribution in [0.4, 0.5) is 17.6 Å². The summed E-state index contributed by atoms with van der Waals surface area (Å²) in [7, 11) is 1.61. The van der Waals surface area contributed by atoms with Crippen molar-refractivity contribution in [3.05, 3.63) is 68.9 Å². The molecule has 0 bridgehead atoms. The molecule has 1 fully saturated rings. The van der Waals surface area contributed by atoms with Crippen molar-refractivity contribution in [3.63, 3.8) is 0 Å². The van der Waals surface area contributed by atoms with Crippen LogP contribution in [0.2, 0.25) is 0 Å². The van der Waals surface area contributed by atoms with Crippen molar-refractivity contribution in [1.29, 1.82) is 0 Å². The number of carbonyl (C=O) groups is 1. The first-order chi connectivity index (χ1) is 13.6. The van der Waals surface area contributed by atoms with Gasteiger partial charge in [-0.2, -0.15) is 13.2 Å². The summed E-state index contributed by atoms with van der Waals surface area (Å²) < 4.78 is 53.3. The lowest BCUT2D eigenvalue weighted by Crippen LogP contribution is -2.49. The summed E-state index contributed by atoms with van der Waals surface area (Å²) >= 11 is 3.07. The molecule has 1 N–H and O–H groups in total. The van der Waals surface area contributed by atoms with Crippen LogP contribution < -0.4 is 5.32 Å². The highest BCUT2D eigenvalue weighted by Gasteiger charge is 2.35. The van der Waals surface area contributed by atoms with Crippen LogP contribution in [-0.2, 0) is 6.18 Å². The van der Waals surface area contributed by atoms with E-state index in [1.54, 1.807) is 26.1 Å². The molecule has 2 aromatic rings. The van der Waals surface area contributed by atoms with E-state index in [9.17, 15) is 22.4 Å². The maximum absolute atomic E-state index is 13.7. The van der Waals surface area contributed by atoms with Gasteiger partial charge in [0.25, 0.3) is 5.91 Å². The molecule has 0 aliphatic carbocycles. The number of piperidine rings is 1. The molecule has 2 atom stereocenters. The first-order valence-electron chi connectivity index (χ1n) is 9.19. The molecule has 3 rings (SSSR count). The van der Waals surface area contributed by atoms with Gasteiger partial charge in [-0.1, -0.05) is 28.1 Å². The fraction of sp³-hybridized carbons (Fsp3) is 0.381. The quantitative estimate of drug-likeness (QED) is 0.550. The number of alkyl halides is 3. The van der Waals surface area contributed by atoms with Gasteiger partial charge in [0, 0.05) is 35.6 Å². The Labute approximate surface area is 187 Å². The molecule has 0 spiro atoms. The standard InChI is InChI=1S/C21H21BrF4N2O.ClH/c1-12-7-13(3-4-18(12)23)17-11-27-6-5-19(17)28(2)20(29)14-8-15(21(24,25)26)10-16(22)9-14;/h3-4,7-10,17,19,27H,5-6,11H2,1-2H3;1H. The zero-order chi connectivity index (χ0) is 21.3. The average Bonchev–Trinajstić information content (AvgIpc) is 2.68. The topological polar surface area (TPSA) is 32.3 Å². The molecular formula is C21H22BrClF4N2O. The molecule has 2 unspecified atom stereocenters. The summed E-state index contributed by atoms with van der Waals surface area (Å²) in [5.41, 5.74) is 0.509. The first-order valence-corrected chi connectivity index (χ1v) is 9.99. The van der Waals surface area contributed by atoms with Gasteiger partial charge >= 0.3 is 6.18 Å². The van der Waals surface area contributed by atoms with Gasteiger partial charge < -0.3 is 10.2 Å². The van der Waals surface area contributed by atoms with E-state index in [1.807, 2.05) is 0 Å². The summed E-state index contributed by atoms with van der Waals surface area (Å²) in [5.74, 6) is -0.869. The SMILES string of the molecule is Cc1cc(C2CNCCC2N(C)C(=O)c2cc(Br)cc(C(F)(F)F)c2)ccc1F.Cl. The summed E-state index contributed by atoms with van der Waals surface area (Å²) in [6.07, 6.45) is -3.90. The van der Waals surface area contributed by atoms with Crippen LogP contribution >= 0.6 is 28.3 Å². The minimum absolute atomic E-state index is 0. The third-order valence-corrected chi connectivity index (χ3v) is 5.80. The van der Waals surface area contributed by atoms with Crippen LogP contribution in [-0.4, -0.2) is 37.0 Å². The number of likely N-dealkylation sites (N-methyl/N-ethyl adjacent to an activating group) is 1. The van der Waals surface area contributed by atoms with E-state index < -0.39 is 17.6 Å². The third kappa shape index (κ3) is 5.34. The number of nitrogens with zero attached hydrogens (tertiary/aromatic N) is 1. The molecule has 1 amide bonds. The third-order valence-electron chi connectivity index (χ3n) is 5.35.